The van der Waals surface area contributed by atoms with Gasteiger partial charge in [0.1, 0.15) is 0 Å². The molecule has 0 bridgehead atoms. The molecule has 0 aliphatic rings. The molecule has 0 heterocycles. The SMILES string of the molecule is C=C(C)CCCCCC.CCCCCCCC.CCCCCCCC.CCCCCCCCC(C)C(CCCCCC)CCCCCCCC. The van der Waals surface area contributed by atoms with Crippen molar-refractivity contribution in [2.75, 3.05) is 0 Å². The zero-order chi connectivity index (χ0) is 38.2. The lowest BCUT2D eigenvalue weighted by molar-refractivity contribution is 0.274. The molecule has 0 aliphatic heterocycles. The van der Waals surface area contributed by atoms with Gasteiger partial charge in [0, 0.05) is 0 Å². The van der Waals surface area contributed by atoms with Crippen molar-refractivity contribution in [1.29, 1.82) is 0 Å². The Morgan fingerprint density at radius 2 is 0.540 bits per heavy atom. The zero-order valence-corrected chi connectivity index (χ0v) is 37.8. The summed E-state index contributed by atoms with van der Waals surface area (Å²) in [7, 11) is 0. The number of allylic oxidation sites excluding steroid dienone is 1. The molecule has 0 aromatic rings. The molecule has 2 unspecified atom stereocenters. The highest BCUT2D eigenvalue weighted by atomic mass is 14.2. The molecule has 0 aromatic carbocycles. The van der Waals surface area contributed by atoms with Gasteiger partial charge in [-0.15, -0.1) is 6.58 Å². The smallest absolute Gasteiger partial charge is 0.0326 e. The first kappa shape index (κ1) is 56.5. The van der Waals surface area contributed by atoms with E-state index in [9.17, 15) is 0 Å². The van der Waals surface area contributed by atoms with Gasteiger partial charge in [0.25, 0.3) is 0 Å². The average molecular weight is 707 g/mol. The lowest BCUT2D eigenvalue weighted by Crippen LogP contribution is -2.12. The normalized spacial score (nSPS) is 11.8. The monoisotopic (exact) mass is 707 g/mol. The lowest BCUT2D eigenvalue weighted by atomic mass is 9.82. The second-order valence-electron chi connectivity index (χ2n) is 16.3. The Morgan fingerprint density at radius 1 is 0.320 bits per heavy atom. The summed E-state index contributed by atoms with van der Waals surface area (Å²) in [4.78, 5) is 0. The highest BCUT2D eigenvalue weighted by molar-refractivity contribution is 4.86. The third-order valence-electron chi connectivity index (χ3n) is 10.5. The van der Waals surface area contributed by atoms with E-state index in [4.69, 9.17) is 0 Å². The average Bonchev–Trinajstić information content (AvgIpc) is 3.11. The fraction of sp³-hybridized carbons (Fsp3) is 0.960. The number of unbranched alkanes of at least 4 members (excludes halogenated alkanes) is 26. The van der Waals surface area contributed by atoms with E-state index >= 15 is 0 Å². The minimum Gasteiger partial charge on any atom is -0.100 e. The summed E-state index contributed by atoms with van der Waals surface area (Å²) in [6, 6.07) is 0. The van der Waals surface area contributed by atoms with Crippen LogP contribution < -0.4 is 0 Å². The van der Waals surface area contributed by atoms with Crippen molar-refractivity contribution < 1.29 is 0 Å². The van der Waals surface area contributed by atoms with Gasteiger partial charge in [0.2, 0.25) is 0 Å². The third-order valence-corrected chi connectivity index (χ3v) is 10.5. The van der Waals surface area contributed by atoms with Gasteiger partial charge >= 0.3 is 0 Å². The molecule has 306 valence electrons. The molecule has 0 amide bonds. The predicted molar refractivity (Wildman–Crippen MR) is 239 cm³/mol. The summed E-state index contributed by atoms with van der Waals surface area (Å²) in [5.41, 5.74) is 1.33. The quantitative estimate of drug-likeness (QED) is 0.0455. The summed E-state index contributed by atoms with van der Waals surface area (Å²) >= 11 is 0. The highest BCUT2D eigenvalue weighted by Crippen LogP contribution is 2.29. The van der Waals surface area contributed by atoms with E-state index < -0.39 is 0 Å². The van der Waals surface area contributed by atoms with Crippen LogP contribution in [-0.4, -0.2) is 0 Å². The second kappa shape index (κ2) is 55.5. The first-order valence-electron chi connectivity index (χ1n) is 24.0. The zero-order valence-electron chi connectivity index (χ0n) is 37.8. The molecular weight excluding hydrogens is 601 g/mol. The van der Waals surface area contributed by atoms with Crippen LogP contribution in [0.25, 0.3) is 0 Å². The molecule has 0 N–H and O–H groups in total. The first-order valence-corrected chi connectivity index (χ1v) is 24.0. The molecule has 0 saturated heterocycles. The van der Waals surface area contributed by atoms with Gasteiger partial charge in [0.15, 0.2) is 0 Å². The van der Waals surface area contributed by atoms with Crippen LogP contribution in [0.1, 0.15) is 300 Å². The predicted octanol–water partition coefficient (Wildman–Crippen LogP) is 20.0. The van der Waals surface area contributed by atoms with Crippen LogP contribution in [0.3, 0.4) is 0 Å². The van der Waals surface area contributed by atoms with Crippen LogP contribution in [0.4, 0.5) is 0 Å². The summed E-state index contributed by atoms with van der Waals surface area (Å²) in [5.74, 6) is 1.97. The Bertz CT molecular complexity index is 508. The minimum atomic E-state index is 0.962. The van der Waals surface area contributed by atoms with Crippen molar-refractivity contribution in [3.05, 3.63) is 12.2 Å². The second-order valence-corrected chi connectivity index (χ2v) is 16.3. The van der Waals surface area contributed by atoms with Crippen molar-refractivity contribution in [2.24, 2.45) is 11.8 Å². The van der Waals surface area contributed by atoms with Crippen molar-refractivity contribution in [2.45, 2.75) is 300 Å². The maximum atomic E-state index is 3.85. The topological polar surface area (TPSA) is 0 Å². The van der Waals surface area contributed by atoms with Gasteiger partial charge in [-0.25, -0.2) is 0 Å². The van der Waals surface area contributed by atoms with Crippen LogP contribution in [0, 0.1) is 11.8 Å². The lowest BCUT2D eigenvalue weighted by Gasteiger charge is -2.24. The standard InChI is InChI=1S/C25H52.C9H18.2C8H18/c1-5-8-11-14-16-18-21-24(4)25(22-19-13-10-7-3)23-20-17-15-12-9-6-2;1-4-5-6-7-8-9(2)3;2*1-3-5-7-8-6-4-2/h24-25H,5-23H2,1-4H3;2,4-8H2,1,3H3;2*3-8H2,1-2H3. The Hall–Kier alpha value is -0.260. The Balaban J connectivity index is -0.000000342. The Kier molecular flexibility index (Phi) is 62.7. The van der Waals surface area contributed by atoms with Crippen molar-refractivity contribution in [3.8, 4) is 0 Å². The molecular formula is C50H106. The maximum Gasteiger partial charge on any atom is -0.0326 e. The maximum absolute atomic E-state index is 3.85. The Morgan fingerprint density at radius 3 is 0.820 bits per heavy atom. The molecule has 0 aliphatic carbocycles. The van der Waals surface area contributed by atoms with Crippen molar-refractivity contribution in [1.82, 2.24) is 0 Å². The molecule has 0 radical (unpaired) electrons. The van der Waals surface area contributed by atoms with Gasteiger partial charge in [0.05, 0.1) is 0 Å². The van der Waals surface area contributed by atoms with Gasteiger partial charge in [-0.2, -0.15) is 0 Å². The fourth-order valence-electron chi connectivity index (χ4n) is 6.78. The van der Waals surface area contributed by atoms with Crippen LogP contribution in [0.2, 0.25) is 0 Å². The highest BCUT2D eigenvalue weighted by Gasteiger charge is 2.16. The molecule has 0 fully saturated rings. The summed E-state index contributed by atoms with van der Waals surface area (Å²) < 4.78 is 0. The molecule has 0 saturated carbocycles. The minimum absolute atomic E-state index is 0.962. The van der Waals surface area contributed by atoms with Gasteiger partial charge in [-0.3, -0.25) is 0 Å². The van der Waals surface area contributed by atoms with E-state index in [2.05, 4.69) is 75.8 Å². The first-order chi connectivity index (χ1) is 24.4. The fourth-order valence-corrected chi connectivity index (χ4v) is 6.78. The van der Waals surface area contributed by atoms with Crippen LogP contribution in [0.15, 0.2) is 12.2 Å². The van der Waals surface area contributed by atoms with E-state index in [1.807, 2.05) is 0 Å². The summed E-state index contributed by atoms with van der Waals surface area (Å²) in [5, 5.41) is 0. The molecule has 0 rings (SSSR count). The largest absolute Gasteiger partial charge is 0.100 e. The number of rotatable bonds is 35. The molecule has 50 heavy (non-hydrogen) atoms. The molecule has 0 spiro atoms. The van der Waals surface area contributed by atoms with Crippen LogP contribution in [0.5, 0.6) is 0 Å². The molecule has 0 heteroatoms. The summed E-state index contributed by atoms with van der Waals surface area (Å²) in [6.45, 7) is 26.7. The van der Waals surface area contributed by atoms with Crippen molar-refractivity contribution in [3.63, 3.8) is 0 Å². The molecule has 2 atom stereocenters. The van der Waals surface area contributed by atoms with Gasteiger partial charge < -0.3 is 0 Å². The van der Waals surface area contributed by atoms with E-state index in [1.54, 1.807) is 0 Å². The van der Waals surface area contributed by atoms with E-state index in [0.717, 1.165) is 11.8 Å². The number of hydrogen-bond donors (Lipinski definition) is 0. The van der Waals surface area contributed by atoms with Crippen molar-refractivity contribution >= 4 is 0 Å². The van der Waals surface area contributed by atoms with E-state index in [0.29, 0.717) is 0 Å². The van der Waals surface area contributed by atoms with Crippen LogP contribution in [-0.2, 0) is 0 Å². The molecule has 0 aromatic heterocycles. The van der Waals surface area contributed by atoms with Crippen LogP contribution >= 0.6 is 0 Å². The van der Waals surface area contributed by atoms with E-state index in [-0.39, 0.29) is 0 Å². The van der Waals surface area contributed by atoms with Gasteiger partial charge in [-0.05, 0) is 31.6 Å². The summed E-state index contributed by atoms with van der Waals surface area (Å²) in [6.07, 6.45) is 51.3. The molecule has 0 nitrogen and oxygen atoms in total. The Labute approximate surface area is 323 Å². The number of hydrogen-bond acceptors (Lipinski definition) is 0. The third kappa shape index (κ3) is 59.9. The van der Waals surface area contributed by atoms with Gasteiger partial charge in [-0.1, -0.05) is 286 Å². The van der Waals surface area contributed by atoms with E-state index in [1.165, 1.54) is 237 Å².